The van der Waals surface area contributed by atoms with Gasteiger partial charge in [-0.2, -0.15) is 0 Å². The molecule has 2 amide bonds. The molecule has 0 saturated carbocycles. The zero-order chi connectivity index (χ0) is 30.9. The molecule has 0 heterocycles. The summed E-state index contributed by atoms with van der Waals surface area (Å²) < 4.78 is 66.8. The van der Waals surface area contributed by atoms with E-state index in [0.29, 0.717) is 12.1 Å². The first kappa shape index (κ1) is 32.7. The fourth-order valence-electron chi connectivity index (χ4n) is 4.41. The van der Waals surface area contributed by atoms with Crippen molar-refractivity contribution in [2.24, 2.45) is 5.92 Å². The Morgan fingerprint density at radius 1 is 0.881 bits per heavy atom. The molecule has 0 radical (unpaired) electrons. The van der Waals surface area contributed by atoms with Gasteiger partial charge in [-0.3, -0.25) is 13.9 Å². The minimum absolute atomic E-state index is 0.0185. The van der Waals surface area contributed by atoms with E-state index in [4.69, 9.17) is 0 Å². The van der Waals surface area contributed by atoms with E-state index in [-0.39, 0.29) is 49.9 Å². The van der Waals surface area contributed by atoms with Gasteiger partial charge in [0.2, 0.25) is 21.8 Å². The zero-order valence-electron chi connectivity index (χ0n) is 23.9. The molecule has 0 aliphatic heterocycles. The van der Waals surface area contributed by atoms with Crippen molar-refractivity contribution in [2.45, 2.75) is 45.7 Å². The van der Waals surface area contributed by atoms with Gasteiger partial charge in [-0.25, -0.2) is 21.6 Å². The average molecular weight is 604 g/mol. The highest BCUT2D eigenvalue weighted by molar-refractivity contribution is 7.92. The predicted molar refractivity (Wildman–Crippen MR) is 157 cm³/mol. The summed E-state index contributed by atoms with van der Waals surface area (Å²) in [5, 5.41) is 2.91. The highest BCUT2D eigenvalue weighted by atomic mass is 32.2. The second kappa shape index (κ2) is 14.9. The summed E-state index contributed by atoms with van der Waals surface area (Å²) in [5.41, 5.74) is 1.38. The third-order valence-corrected chi connectivity index (χ3v) is 7.76. The van der Waals surface area contributed by atoms with Gasteiger partial charge in [0, 0.05) is 38.5 Å². The van der Waals surface area contributed by atoms with Gasteiger partial charge in [0.05, 0.1) is 11.9 Å². The lowest BCUT2D eigenvalue weighted by atomic mass is 10.0. The number of halogens is 3. The van der Waals surface area contributed by atoms with Crippen LogP contribution in [0, 0.1) is 23.4 Å². The first-order chi connectivity index (χ1) is 19.8. The van der Waals surface area contributed by atoms with Crippen molar-refractivity contribution in [3.63, 3.8) is 0 Å². The number of amides is 2. The van der Waals surface area contributed by atoms with Crippen LogP contribution in [0.2, 0.25) is 0 Å². The molecule has 0 saturated heterocycles. The number of benzene rings is 3. The Kier molecular flexibility index (Phi) is 11.6. The number of hydrogen-bond donors (Lipinski definition) is 1. The van der Waals surface area contributed by atoms with Crippen molar-refractivity contribution in [3.8, 4) is 0 Å². The first-order valence-corrected chi connectivity index (χ1v) is 15.5. The fraction of sp³-hybridized carbons (Fsp3) is 0.355. The van der Waals surface area contributed by atoms with Crippen LogP contribution in [0.15, 0.2) is 72.8 Å². The van der Waals surface area contributed by atoms with Crippen LogP contribution in [0.4, 0.5) is 18.9 Å². The number of anilines is 1. The summed E-state index contributed by atoms with van der Waals surface area (Å²) in [4.78, 5) is 28.7. The van der Waals surface area contributed by atoms with E-state index < -0.39 is 39.4 Å². The quantitative estimate of drug-likeness (QED) is 0.279. The molecule has 0 fully saturated rings. The molecule has 3 aromatic carbocycles. The molecule has 3 aromatic rings. The van der Waals surface area contributed by atoms with Crippen molar-refractivity contribution in [3.05, 3.63) is 101 Å². The van der Waals surface area contributed by atoms with Crippen molar-refractivity contribution in [2.75, 3.05) is 23.7 Å². The Balaban J connectivity index is 1.88. The smallest absolute Gasteiger partial charge is 0.243 e. The van der Waals surface area contributed by atoms with Gasteiger partial charge in [-0.1, -0.05) is 56.3 Å². The lowest BCUT2D eigenvalue weighted by Crippen LogP contribution is -2.51. The van der Waals surface area contributed by atoms with Gasteiger partial charge >= 0.3 is 0 Å². The lowest BCUT2D eigenvalue weighted by molar-refractivity contribution is -0.141. The molecule has 1 atom stereocenters. The topological polar surface area (TPSA) is 86.8 Å². The summed E-state index contributed by atoms with van der Waals surface area (Å²) in [6.45, 7) is 4.15. The zero-order valence-corrected chi connectivity index (χ0v) is 24.7. The van der Waals surface area contributed by atoms with Crippen molar-refractivity contribution < 1.29 is 31.2 Å². The van der Waals surface area contributed by atoms with Crippen LogP contribution in [-0.2, 0) is 32.6 Å². The Hall–Kier alpha value is -3.86. The van der Waals surface area contributed by atoms with Crippen LogP contribution >= 0.6 is 0 Å². The summed E-state index contributed by atoms with van der Waals surface area (Å²) >= 11 is 0. The van der Waals surface area contributed by atoms with Crippen LogP contribution < -0.4 is 9.62 Å². The molecule has 0 aliphatic carbocycles. The minimum Gasteiger partial charge on any atom is -0.354 e. The number of carbonyl (C=O) groups excluding carboxylic acids is 2. The maximum Gasteiger partial charge on any atom is 0.243 e. The van der Waals surface area contributed by atoms with Crippen molar-refractivity contribution in [1.82, 2.24) is 10.2 Å². The number of sulfonamides is 1. The highest BCUT2D eigenvalue weighted by Crippen LogP contribution is 2.22. The van der Waals surface area contributed by atoms with Crippen molar-refractivity contribution in [1.29, 1.82) is 0 Å². The molecule has 11 heteroatoms. The molecule has 226 valence electrons. The van der Waals surface area contributed by atoms with E-state index in [0.717, 1.165) is 34.3 Å². The molecule has 0 bridgehead atoms. The summed E-state index contributed by atoms with van der Waals surface area (Å²) in [6, 6.07) is 16.7. The highest BCUT2D eigenvalue weighted by Gasteiger charge is 2.30. The standard InChI is InChI=1S/C31H36F3N3O4S/c1-22(2)20-35-31(39)29(18-23-8-5-4-6-9-23)36(21-24-11-13-25(32)14-12-24)30(38)10-7-17-37(42(3,40)41)26-15-16-27(33)28(34)19-26/h4-6,8-9,11-16,19,22,29H,7,10,17-18,20-21H2,1-3H3,(H,35,39). The number of hydrogen-bond acceptors (Lipinski definition) is 4. The van der Waals surface area contributed by atoms with E-state index in [9.17, 15) is 31.2 Å². The van der Waals surface area contributed by atoms with E-state index in [1.807, 2.05) is 44.2 Å². The maximum atomic E-state index is 13.9. The predicted octanol–water partition coefficient (Wildman–Crippen LogP) is 5.06. The van der Waals surface area contributed by atoms with Gasteiger partial charge in [0.15, 0.2) is 11.6 Å². The van der Waals surface area contributed by atoms with Crippen LogP contribution in [0.5, 0.6) is 0 Å². The van der Waals surface area contributed by atoms with E-state index in [1.54, 1.807) is 0 Å². The second-order valence-corrected chi connectivity index (χ2v) is 12.4. The maximum absolute atomic E-state index is 13.9. The Labute approximate surface area is 245 Å². The molecule has 7 nitrogen and oxygen atoms in total. The number of rotatable bonds is 14. The number of nitrogens with zero attached hydrogens (tertiary/aromatic N) is 2. The average Bonchev–Trinajstić information content (AvgIpc) is 2.94. The van der Waals surface area contributed by atoms with E-state index in [2.05, 4.69) is 5.32 Å². The van der Waals surface area contributed by atoms with Gasteiger partial charge in [0.25, 0.3) is 0 Å². The van der Waals surface area contributed by atoms with Crippen LogP contribution in [0.3, 0.4) is 0 Å². The largest absolute Gasteiger partial charge is 0.354 e. The molecular weight excluding hydrogens is 567 g/mol. The fourth-order valence-corrected chi connectivity index (χ4v) is 5.36. The van der Waals surface area contributed by atoms with Crippen LogP contribution in [0.25, 0.3) is 0 Å². The SMILES string of the molecule is CC(C)CNC(=O)C(Cc1ccccc1)N(Cc1ccc(F)cc1)C(=O)CCCN(c1ccc(F)c(F)c1)S(C)(=O)=O. The second-order valence-electron chi connectivity index (χ2n) is 10.5. The van der Waals surface area contributed by atoms with Gasteiger partial charge in [-0.05, 0) is 47.7 Å². The third-order valence-electron chi connectivity index (χ3n) is 6.57. The molecule has 0 spiro atoms. The molecule has 0 aliphatic rings. The molecule has 1 unspecified atom stereocenters. The molecular formula is C31H36F3N3O4S. The van der Waals surface area contributed by atoms with E-state index in [1.165, 1.54) is 29.2 Å². The minimum atomic E-state index is -3.88. The van der Waals surface area contributed by atoms with Crippen LogP contribution in [-0.4, -0.2) is 50.5 Å². The Bertz CT molecular complexity index is 1450. The Morgan fingerprint density at radius 2 is 1.55 bits per heavy atom. The van der Waals surface area contributed by atoms with Gasteiger partial charge in [-0.15, -0.1) is 0 Å². The first-order valence-electron chi connectivity index (χ1n) is 13.6. The molecule has 42 heavy (non-hydrogen) atoms. The van der Waals surface area contributed by atoms with E-state index >= 15 is 0 Å². The molecule has 3 rings (SSSR count). The summed E-state index contributed by atoms with van der Waals surface area (Å²) in [5.74, 6) is -3.34. The number of nitrogens with one attached hydrogen (secondary N) is 1. The monoisotopic (exact) mass is 603 g/mol. The van der Waals surface area contributed by atoms with Crippen LogP contribution in [0.1, 0.15) is 37.8 Å². The summed E-state index contributed by atoms with van der Waals surface area (Å²) in [6.07, 6.45) is 1.06. The molecule has 0 aromatic heterocycles. The van der Waals surface area contributed by atoms with Crippen molar-refractivity contribution >= 4 is 27.5 Å². The third kappa shape index (κ3) is 9.61. The summed E-state index contributed by atoms with van der Waals surface area (Å²) in [7, 11) is -3.88. The van der Waals surface area contributed by atoms with Gasteiger partial charge in [0.1, 0.15) is 11.9 Å². The lowest BCUT2D eigenvalue weighted by Gasteiger charge is -2.32. The molecule has 1 N–H and O–H groups in total. The van der Waals surface area contributed by atoms with Gasteiger partial charge < -0.3 is 10.2 Å². The normalized spacial score (nSPS) is 12.2. The Morgan fingerprint density at radius 3 is 2.14 bits per heavy atom. The number of carbonyl (C=O) groups is 2.